The predicted octanol–water partition coefficient (Wildman–Crippen LogP) is 1.17. The average molecular weight is 264 g/mol. The molecule has 1 aromatic rings. The lowest BCUT2D eigenvalue weighted by atomic mass is 10.1. The van der Waals surface area contributed by atoms with Gasteiger partial charge in [-0.1, -0.05) is 0 Å². The third-order valence-electron chi connectivity index (χ3n) is 2.48. The highest BCUT2D eigenvalue weighted by molar-refractivity contribution is 5.94. The smallest absolute Gasteiger partial charge is 0.338 e. The van der Waals surface area contributed by atoms with Crippen LogP contribution in [0.25, 0.3) is 0 Å². The minimum absolute atomic E-state index is 0.216. The van der Waals surface area contributed by atoms with Crippen LogP contribution in [0.4, 0.5) is 0 Å². The van der Waals surface area contributed by atoms with Crippen LogP contribution in [0, 0.1) is 0 Å². The van der Waals surface area contributed by atoms with Gasteiger partial charge in [-0.15, -0.1) is 0 Å². The number of hydrogen-bond acceptors (Lipinski definition) is 4. The van der Waals surface area contributed by atoms with Crippen LogP contribution in [0.3, 0.4) is 0 Å². The Morgan fingerprint density at radius 1 is 1.11 bits per heavy atom. The van der Waals surface area contributed by atoms with Crippen molar-refractivity contribution in [3.63, 3.8) is 0 Å². The summed E-state index contributed by atoms with van der Waals surface area (Å²) in [5, 5.41) is 0. The molecule has 0 bridgehead atoms. The van der Waals surface area contributed by atoms with Gasteiger partial charge >= 0.3 is 5.97 Å². The Kier molecular flexibility index (Phi) is 4.94. The van der Waals surface area contributed by atoms with E-state index in [0.717, 1.165) is 0 Å². The average Bonchev–Trinajstić information content (AvgIpc) is 2.36. The van der Waals surface area contributed by atoms with Crippen LogP contribution in [-0.4, -0.2) is 57.3 Å². The van der Waals surface area contributed by atoms with Crippen LogP contribution >= 0.6 is 0 Å². The SMILES string of the molecule is C[N+](C)(C)CCOC(=O)c1cc(C=O)cc(C=O)c1. The fourth-order valence-corrected chi connectivity index (χ4v) is 1.43. The van der Waals surface area contributed by atoms with Gasteiger partial charge in [0.1, 0.15) is 25.7 Å². The van der Waals surface area contributed by atoms with Gasteiger partial charge in [0.25, 0.3) is 0 Å². The third kappa shape index (κ3) is 5.01. The lowest BCUT2D eigenvalue weighted by Gasteiger charge is -2.23. The summed E-state index contributed by atoms with van der Waals surface area (Å²) in [6.07, 6.45) is 1.19. The molecule has 0 spiro atoms. The molecule has 0 saturated carbocycles. The normalized spacial score (nSPS) is 10.9. The maximum Gasteiger partial charge on any atom is 0.338 e. The molecule has 0 unspecified atom stereocenters. The summed E-state index contributed by atoms with van der Waals surface area (Å²) in [5.74, 6) is -0.528. The van der Waals surface area contributed by atoms with Crippen LogP contribution in [0.5, 0.6) is 0 Å². The summed E-state index contributed by atoms with van der Waals surface area (Å²) in [6.45, 7) is 0.962. The molecule has 0 radical (unpaired) electrons. The Hall–Kier alpha value is -2.01. The molecule has 1 rings (SSSR count). The predicted molar refractivity (Wildman–Crippen MR) is 70.4 cm³/mol. The Bertz CT molecular complexity index is 462. The molecule has 1 aromatic carbocycles. The van der Waals surface area contributed by atoms with Crippen molar-refractivity contribution in [2.75, 3.05) is 34.3 Å². The van der Waals surface area contributed by atoms with Crippen LogP contribution in [0.2, 0.25) is 0 Å². The number of nitrogens with zero attached hydrogens (tertiary/aromatic N) is 1. The van der Waals surface area contributed by atoms with Gasteiger partial charge in [0, 0.05) is 11.1 Å². The summed E-state index contributed by atoms with van der Waals surface area (Å²) in [5.41, 5.74) is 0.777. The first-order chi connectivity index (χ1) is 8.85. The van der Waals surface area contributed by atoms with Crippen molar-refractivity contribution in [1.29, 1.82) is 0 Å². The number of aldehydes is 2. The molecule has 0 fully saturated rings. The van der Waals surface area contributed by atoms with E-state index in [0.29, 0.717) is 23.6 Å². The number of likely N-dealkylation sites (N-methyl/N-ethyl adjacent to an activating group) is 1. The summed E-state index contributed by atoms with van der Waals surface area (Å²) < 4.78 is 5.80. The highest BCUT2D eigenvalue weighted by atomic mass is 16.5. The summed E-state index contributed by atoms with van der Waals surface area (Å²) >= 11 is 0. The Labute approximate surface area is 112 Å². The van der Waals surface area contributed by atoms with E-state index in [2.05, 4.69) is 0 Å². The summed E-state index contributed by atoms with van der Waals surface area (Å²) in [4.78, 5) is 33.3. The zero-order chi connectivity index (χ0) is 14.5. The maximum absolute atomic E-state index is 11.8. The Balaban J connectivity index is 2.76. The first-order valence-corrected chi connectivity index (χ1v) is 5.89. The molecule has 0 heterocycles. The van der Waals surface area contributed by atoms with E-state index < -0.39 is 5.97 Å². The van der Waals surface area contributed by atoms with Crippen molar-refractivity contribution in [2.24, 2.45) is 0 Å². The zero-order valence-corrected chi connectivity index (χ0v) is 11.4. The highest BCUT2D eigenvalue weighted by Gasteiger charge is 2.12. The van der Waals surface area contributed by atoms with Gasteiger partial charge in [-0.3, -0.25) is 9.59 Å². The van der Waals surface area contributed by atoms with Crippen molar-refractivity contribution in [3.05, 3.63) is 34.9 Å². The minimum Gasteiger partial charge on any atom is -0.456 e. The molecule has 102 valence electrons. The highest BCUT2D eigenvalue weighted by Crippen LogP contribution is 2.09. The standard InChI is InChI=1S/C14H18NO4/c1-15(2,3)4-5-19-14(18)13-7-11(9-16)6-12(8-13)10-17/h6-10H,4-5H2,1-3H3/q+1. The minimum atomic E-state index is -0.528. The van der Waals surface area contributed by atoms with Crippen molar-refractivity contribution in [1.82, 2.24) is 0 Å². The lowest BCUT2D eigenvalue weighted by Crippen LogP contribution is -2.38. The van der Waals surface area contributed by atoms with Gasteiger partial charge in [-0.05, 0) is 18.2 Å². The second-order valence-corrected chi connectivity index (χ2v) is 5.27. The van der Waals surface area contributed by atoms with Crippen LogP contribution in [-0.2, 0) is 4.74 Å². The lowest BCUT2D eigenvalue weighted by molar-refractivity contribution is -0.870. The maximum atomic E-state index is 11.8. The van der Waals surface area contributed by atoms with Crippen molar-refractivity contribution in [2.45, 2.75) is 0 Å². The number of carbonyl (C=O) groups excluding carboxylic acids is 3. The molecular weight excluding hydrogens is 246 g/mol. The second-order valence-electron chi connectivity index (χ2n) is 5.27. The molecule has 0 aliphatic rings. The summed E-state index contributed by atoms with van der Waals surface area (Å²) in [6, 6.07) is 4.24. The molecule has 0 saturated heterocycles. The largest absolute Gasteiger partial charge is 0.456 e. The van der Waals surface area contributed by atoms with Crippen molar-refractivity contribution < 1.29 is 23.6 Å². The second kappa shape index (κ2) is 6.24. The number of carbonyl (C=O) groups is 3. The van der Waals surface area contributed by atoms with Crippen LogP contribution in [0.1, 0.15) is 31.1 Å². The summed E-state index contributed by atoms with van der Waals surface area (Å²) in [7, 11) is 5.97. The third-order valence-corrected chi connectivity index (χ3v) is 2.48. The topological polar surface area (TPSA) is 60.4 Å². The van der Waals surface area contributed by atoms with E-state index in [1.54, 1.807) is 0 Å². The van der Waals surface area contributed by atoms with Crippen LogP contribution in [0.15, 0.2) is 18.2 Å². The number of ether oxygens (including phenoxy) is 1. The van der Waals surface area contributed by atoms with E-state index >= 15 is 0 Å². The fraction of sp³-hybridized carbons (Fsp3) is 0.357. The first kappa shape index (κ1) is 15.0. The Morgan fingerprint density at radius 2 is 1.63 bits per heavy atom. The molecule has 0 N–H and O–H groups in total. The number of hydrogen-bond donors (Lipinski definition) is 0. The number of benzene rings is 1. The molecule has 0 aliphatic heterocycles. The van der Waals surface area contributed by atoms with Gasteiger partial charge in [0.2, 0.25) is 0 Å². The molecule has 5 heteroatoms. The van der Waals surface area contributed by atoms with Gasteiger partial charge < -0.3 is 9.22 Å². The number of quaternary nitrogens is 1. The monoisotopic (exact) mass is 264 g/mol. The van der Waals surface area contributed by atoms with Gasteiger partial charge in [-0.2, -0.15) is 0 Å². The van der Waals surface area contributed by atoms with Crippen molar-refractivity contribution >= 4 is 18.5 Å². The molecule has 5 nitrogen and oxygen atoms in total. The fourth-order valence-electron chi connectivity index (χ4n) is 1.43. The van der Waals surface area contributed by atoms with E-state index in [4.69, 9.17) is 4.74 Å². The molecule has 0 atom stereocenters. The van der Waals surface area contributed by atoms with E-state index in [-0.39, 0.29) is 23.3 Å². The van der Waals surface area contributed by atoms with E-state index in [9.17, 15) is 14.4 Å². The van der Waals surface area contributed by atoms with E-state index in [1.807, 2.05) is 21.1 Å². The molecule has 0 amide bonds. The molecule has 0 aliphatic carbocycles. The van der Waals surface area contributed by atoms with Gasteiger partial charge in [-0.25, -0.2) is 4.79 Å². The zero-order valence-electron chi connectivity index (χ0n) is 11.4. The Morgan fingerprint density at radius 3 is 2.05 bits per heavy atom. The van der Waals surface area contributed by atoms with Crippen molar-refractivity contribution in [3.8, 4) is 0 Å². The molecule has 19 heavy (non-hydrogen) atoms. The molecule has 0 aromatic heterocycles. The van der Waals surface area contributed by atoms with E-state index in [1.165, 1.54) is 18.2 Å². The number of rotatable bonds is 6. The molecular formula is C14H18NO4+. The van der Waals surface area contributed by atoms with Crippen LogP contribution < -0.4 is 0 Å². The van der Waals surface area contributed by atoms with Gasteiger partial charge in [0.15, 0.2) is 0 Å². The first-order valence-electron chi connectivity index (χ1n) is 5.89. The quantitative estimate of drug-likeness (QED) is 0.440. The number of esters is 1. The van der Waals surface area contributed by atoms with Gasteiger partial charge in [0.05, 0.1) is 26.7 Å².